The van der Waals surface area contributed by atoms with E-state index >= 15 is 0 Å². The third-order valence-electron chi connectivity index (χ3n) is 13.7. The molecule has 0 N–H and O–H groups in total. The Morgan fingerprint density at radius 1 is 0.456 bits per heavy atom. The third-order valence-corrected chi connectivity index (χ3v) is 13.7. The highest BCUT2D eigenvalue weighted by atomic mass is 16.5. The Hall–Kier alpha value is -3.30. The SMILES string of the molecule is CCCCCc1ccc(-c2ccc(C(OC(c3ccc(-c4ccc(CCCCC)cn4)cc3)[C@H]3CC[C@H](CCCC)CC3)[C@H]3CC[C@H](CCCC)CC3)cc2)nc1. The van der Waals surface area contributed by atoms with Crippen molar-refractivity contribution >= 4 is 0 Å². The van der Waals surface area contributed by atoms with Crippen LogP contribution in [0.15, 0.2) is 85.2 Å². The lowest BCUT2D eigenvalue weighted by Crippen LogP contribution is -2.28. The van der Waals surface area contributed by atoms with Crippen LogP contribution in [0, 0.1) is 23.7 Å². The van der Waals surface area contributed by atoms with Crippen molar-refractivity contribution in [2.75, 3.05) is 0 Å². The van der Waals surface area contributed by atoms with Crippen molar-refractivity contribution in [2.24, 2.45) is 23.7 Å². The number of ether oxygens (including phenoxy) is 1. The lowest BCUT2D eigenvalue weighted by Gasteiger charge is -2.40. The second-order valence-electron chi connectivity index (χ2n) is 18.1. The Kier molecular flexibility index (Phi) is 17.7. The van der Waals surface area contributed by atoms with Crippen LogP contribution in [-0.4, -0.2) is 9.97 Å². The predicted molar refractivity (Wildman–Crippen MR) is 242 cm³/mol. The maximum absolute atomic E-state index is 7.72. The van der Waals surface area contributed by atoms with E-state index in [1.165, 1.54) is 162 Å². The van der Waals surface area contributed by atoms with Gasteiger partial charge >= 0.3 is 0 Å². The average Bonchev–Trinajstić information content (AvgIpc) is 3.27. The van der Waals surface area contributed by atoms with Crippen molar-refractivity contribution in [3.05, 3.63) is 107 Å². The van der Waals surface area contributed by atoms with E-state index in [9.17, 15) is 0 Å². The third kappa shape index (κ3) is 12.8. The molecule has 0 amide bonds. The smallest absolute Gasteiger partial charge is 0.0861 e. The van der Waals surface area contributed by atoms with Crippen LogP contribution >= 0.6 is 0 Å². The van der Waals surface area contributed by atoms with Crippen molar-refractivity contribution in [3.63, 3.8) is 0 Å². The molecule has 6 rings (SSSR count). The Morgan fingerprint density at radius 3 is 1.18 bits per heavy atom. The number of rotatable bonds is 22. The number of aromatic nitrogens is 2. The molecule has 0 saturated heterocycles. The number of nitrogens with zero attached hydrogens (tertiary/aromatic N) is 2. The molecular formula is C54H76N2O. The summed E-state index contributed by atoms with van der Waals surface area (Å²) in [6.07, 6.45) is 32.6. The van der Waals surface area contributed by atoms with Gasteiger partial charge in [0.05, 0.1) is 23.6 Å². The van der Waals surface area contributed by atoms with E-state index in [1.54, 1.807) is 0 Å². The summed E-state index contributed by atoms with van der Waals surface area (Å²) in [6, 6.07) is 27.7. The zero-order valence-corrected chi connectivity index (χ0v) is 36.4. The first kappa shape index (κ1) is 43.3. The van der Waals surface area contributed by atoms with Crippen molar-refractivity contribution in [1.29, 1.82) is 0 Å². The van der Waals surface area contributed by atoms with Crippen molar-refractivity contribution in [3.8, 4) is 22.5 Å². The zero-order chi connectivity index (χ0) is 39.7. The Balaban J connectivity index is 1.25. The topological polar surface area (TPSA) is 35.0 Å². The van der Waals surface area contributed by atoms with E-state index < -0.39 is 0 Å². The first-order chi connectivity index (χ1) is 28.1. The van der Waals surface area contributed by atoms with Gasteiger partial charge in [-0.15, -0.1) is 0 Å². The minimum Gasteiger partial charge on any atom is -0.365 e. The molecule has 0 aliphatic heterocycles. The van der Waals surface area contributed by atoms with Crippen LogP contribution in [0.3, 0.4) is 0 Å². The van der Waals surface area contributed by atoms with Crippen molar-refractivity contribution < 1.29 is 4.74 Å². The first-order valence-corrected chi connectivity index (χ1v) is 23.8. The van der Waals surface area contributed by atoms with Crippen LogP contribution in [0.25, 0.3) is 22.5 Å². The summed E-state index contributed by atoms with van der Waals surface area (Å²) in [5.74, 6) is 2.83. The molecule has 0 radical (unpaired) electrons. The molecule has 2 fully saturated rings. The summed E-state index contributed by atoms with van der Waals surface area (Å²) in [7, 11) is 0. The van der Waals surface area contributed by atoms with Gasteiger partial charge in [0.15, 0.2) is 0 Å². The maximum atomic E-state index is 7.72. The molecule has 2 aromatic carbocycles. The second-order valence-corrected chi connectivity index (χ2v) is 18.1. The van der Waals surface area contributed by atoms with Gasteiger partial charge in [0.2, 0.25) is 0 Å². The number of hydrogen-bond acceptors (Lipinski definition) is 3. The molecule has 2 unspecified atom stereocenters. The highest BCUT2D eigenvalue weighted by Gasteiger charge is 2.36. The standard InChI is InChI=1S/C54H76N2O/c1-5-9-13-17-43-23-37-51(55-39-43)45-29-33-49(34-30-45)53(47-25-19-41(20-26-47)15-11-7-3)57-54(48-27-21-42(22-28-48)16-12-8-4)50-35-31-46(32-36-50)52-38-24-44(40-56-52)18-14-10-6-2/h23-24,29-42,47-48,53-54H,5-22,25-28H2,1-4H3/t41-,42-,47-,48-,53?,54?. The van der Waals surface area contributed by atoms with Gasteiger partial charge in [-0.25, -0.2) is 0 Å². The number of benzene rings is 2. The van der Waals surface area contributed by atoms with E-state index in [4.69, 9.17) is 14.7 Å². The van der Waals surface area contributed by atoms with Gasteiger partial charge in [0, 0.05) is 23.5 Å². The van der Waals surface area contributed by atoms with Gasteiger partial charge in [-0.1, -0.05) is 178 Å². The predicted octanol–water partition coefficient (Wildman–Crippen LogP) is 16.1. The largest absolute Gasteiger partial charge is 0.365 e. The summed E-state index contributed by atoms with van der Waals surface area (Å²) >= 11 is 0. The molecule has 0 spiro atoms. The molecule has 4 aromatic rings. The molecule has 2 atom stereocenters. The summed E-state index contributed by atoms with van der Waals surface area (Å²) in [6.45, 7) is 9.21. The molecule has 308 valence electrons. The molecule has 2 aliphatic rings. The average molecular weight is 769 g/mol. The number of aryl methyl sites for hydroxylation is 2. The number of unbranched alkanes of at least 4 members (excludes halogenated alkanes) is 6. The molecule has 2 saturated carbocycles. The minimum absolute atomic E-state index is 0.0875. The highest BCUT2D eigenvalue weighted by molar-refractivity contribution is 5.60. The highest BCUT2D eigenvalue weighted by Crippen LogP contribution is 2.47. The normalized spacial score (nSPS) is 21.0. The zero-order valence-electron chi connectivity index (χ0n) is 36.4. The second kappa shape index (κ2) is 23.3. The quantitative estimate of drug-likeness (QED) is 0.0747. The van der Waals surface area contributed by atoms with E-state index in [-0.39, 0.29) is 12.2 Å². The van der Waals surface area contributed by atoms with Crippen LogP contribution in [0.2, 0.25) is 0 Å². The summed E-state index contributed by atoms with van der Waals surface area (Å²) in [5.41, 5.74) is 9.89. The lowest BCUT2D eigenvalue weighted by molar-refractivity contribution is -0.0907. The fourth-order valence-corrected chi connectivity index (χ4v) is 9.96. The van der Waals surface area contributed by atoms with Gasteiger partial charge in [0.25, 0.3) is 0 Å². The van der Waals surface area contributed by atoms with Crippen LogP contribution in [-0.2, 0) is 17.6 Å². The molecular weight excluding hydrogens is 693 g/mol. The maximum Gasteiger partial charge on any atom is 0.0861 e. The van der Waals surface area contributed by atoms with E-state index in [0.29, 0.717) is 11.8 Å². The number of pyridine rings is 2. The fourth-order valence-electron chi connectivity index (χ4n) is 9.96. The monoisotopic (exact) mass is 769 g/mol. The van der Waals surface area contributed by atoms with E-state index in [1.807, 2.05) is 0 Å². The molecule has 57 heavy (non-hydrogen) atoms. The van der Waals surface area contributed by atoms with Gasteiger partial charge in [-0.2, -0.15) is 0 Å². The van der Waals surface area contributed by atoms with E-state index in [2.05, 4.69) is 113 Å². The Morgan fingerprint density at radius 2 is 0.842 bits per heavy atom. The Labute approximate surface area is 348 Å². The van der Waals surface area contributed by atoms with Crippen molar-refractivity contribution in [1.82, 2.24) is 9.97 Å². The van der Waals surface area contributed by atoms with Crippen LogP contribution in [0.1, 0.15) is 191 Å². The Bertz CT molecular complexity index is 1540. The first-order valence-electron chi connectivity index (χ1n) is 23.8. The van der Waals surface area contributed by atoms with Crippen LogP contribution in [0.4, 0.5) is 0 Å². The van der Waals surface area contributed by atoms with Crippen LogP contribution in [0.5, 0.6) is 0 Å². The summed E-state index contributed by atoms with van der Waals surface area (Å²) in [5, 5.41) is 0. The van der Waals surface area contributed by atoms with Gasteiger partial charge < -0.3 is 4.74 Å². The fraction of sp³-hybridized carbons (Fsp3) is 0.593. The molecule has 2 aliphatic carbocycles. The molecule has 2 heterocycles. The van der Waals surface area contributed by atoms with Crippen molar-refractivity contribution in [2.45, 2.75) is 181 Å². The molecule has 2 aromatic heterocycles. The van der Waals surface area contributed by atoms with Crippen LogP contribution < -0.4 is 0 Å². The van der Waals surface area contributed by atoms with Gasteiger partial charge in [0.1, 0.15) is 0 Å². The number of hydrogen-bond donors (Lipinski definition) is 0. The lowest BCUT2D eigenvalue weighted by atomic mass is 9.74. The molecule has 3 nitrogen and oxygen atoms in total. The molecule has 3 heteroatoms. The summed E-state index contributed by atoms with van der Waals surface area (Å²) in [4.78, 5) is 9.82. The van der Waals surface area contributed by atoms with Gasteiger partial charge in [-0.3, -0.25) is 9.97 Å². The van der Waals surface area contributed by atoms with Gasteiger partial charge in [-0.05, 0) is 109 Å². The minimum atomic E-state index is 0.0875. The summed E-state index contributed by atoms with van der Waals surface area (Å²) < 4.78 is 7.72. The van der Waals surface area contributed by atoms with E-state index in [0.717, 1.165) is 36.1 Å². The molecule has 0 bridgehead atoms.